The highest BCUT2D eigenvalue weighted by atomic mass is 35.5. The van der Waals surface area contributed by atoms with Gasteiger partial charge in [-0.2, -0.15) is 0 Å². The van der Waals surface area contributed by atoms with E-state index in [-0.39, 0.29) is 6.10 Å². The molecule has 0 saturated heterocycles. The molecule has 0 aliphatic carbocycles. The molecule has 0 N–H and O–H groups in total. The van der Waals surface area contributed by atoms with E-state index < -0.39 is 0 Å². The van der Waals surface area contributed by atoms with Gasteiger partial charge in [-0.15, -0.1) is 0 Å². The topological polar surface area (TPSA) is 22.1 Å². The van der Waals surface area contributed by atoms with Gasteiger partial charge in [0.05, 0.1) is 16.6 Å². The number of ether oxygens (including phenoxy) is 1. The molecule has 2 nitrogen and oxygen atoms in total. The molecule has 0 radical (unpaired) electrons. The predicted molar refractivity (Wildman–Crippen MR) is 67.3 cm³/mol. The van der Waals surface area contributed by atoms with Crippen LogP contribution in [0.15, 0.2) is 24.4 Å². The number of rotatable bonds is 2. The molecule has 0 aliphatic heterocycles. The Kier molecular flexibility index (Phi) is 3.01. The van der Waals surface area contributed by atoms with Gasteiger partial charge in [0.2, 0.25) is 0 Å². The number of hydrogen-bond acceptors (Lipinski definition) is 2. The van der Waals surface area contributed by atoms with E-state index in [1.54, 1.807) is 6.20 Å². The van der Waals surface area contributed by atoms with Crippen molar-refractivity contribution in [2.45, 2.75) is 26.9 Å². The van der Waals surface area contributed by atoms with Crippen molar-refractivity contribution in [1.82, 2.24) is 4.98 Å². The molecule has 0 unspecified atom stereocenters. The molecular weight excluding hydrogens is 222 g/mol. The Balaban J connectivity index is 2.55. The van der Waals surface area contributed by atoms with Crippen LogP contribution < -0.4 is 4.74 Å². The molecule has 1 aromatic heterocycles. The molecule has 16 heavy (non-hydrogen) atoms. The first-order chi connectivity index (χ1) is 7.58. The maximum Gasteiger partial charge on any atom is 0.120 e. The lowest BCUT2D eigenvalue weighted by molar-refractivity contribution is 0.243. The lowest BCUT2D eigenvalue weighted by Gasteiger charge is -2.11. The number of fused-ring (bicyclic) bond motifs is 1. The smallest absolute Gasteiger partial charge is 0.120 e. The molecule has 0 fully saturated rings. The van der Waals surface area contributed by atoms with E-state index >= 15 is 0 Å². The lowest BCUT2D eigenvalue weighted by atomic mass is 10.1. The van der Waals surface area contributed by atoms with Crippen molar-refractivity contribution in [3.05, 3.63) is 35.0 Å². The second-order valence-electron chi connectivity index (χ2n) is 4.10. The fraction of sp³-hybridized carbons (Fsp3) is 0.308. The van der Waals surface area contributed by atoms with Crippen molar-refractivity contribution in [1.29, 1.82) is 0 Å². The van der Waals surface area contributed by atoms with Gasteiger partial charge in [-0.3, -0.25) is 4.98 Å². The van der Waals surface area contributed by atoms with Crippen LogP contribution in [-0.4, -0.2) is 11.1 Å². The summed E-state index contributed by atoms with van der Waals surface area (Å²) in [6.07, 6.45) is 1.95. The molecule has 1 aromatic carbocycles. The number of nitrogens with zero attached hydrogens (tertiary/aromatic N) is 1. The van der Waals surface area contributed by atoms with Crippen molar-refractivity contribution < 1.29 is 4.74 Å². The van der Waals surface area contributed by atoms with Gasteiger partial charge in [0.1, 0.15) is 5.75 Å². The van der Waals surface area contributed by atoms with Crippen LogP contribution in [0.2, 0.25) is 5.02 Å². The Hall–Kier alpha value is -1.28. The quantitative estimate of drug-likeness (QED) is 0.786. The first-order valence-corrected chi connectivity index (χ1v) is 5.67. The third kappa shape index (κ3) is 2.12. The van der Waals surface area contributed by atoms with Crippen LogP contribution in [0.5, 0.6) is 5.75 Å². The van der Waals surface area contributed by atoms with Gasteiger partial charge in [0.25, 0.3) is 0 Å². The molecule has 1 heterocycles. The molecule has 0 amide bonds. The Morgan fingerprint density at radius 2 is 2.06 bits per heavy atom. The molecular formula is C13H14ClNO. The van der Waals surface area contributed by atoms with Gasteiger partial charge in [0, 0.05) is 11.6 Å². The standard InChI is InChI=1S/C13H14ClNO/c1-8(2)16-10-4-5-12-11(6-10)13(14)9(3)7-15-12/h4-8H,1-3H3. The van der Waals surface area contributed by atoms with E-state index in [4.69, 9.17) is 16.3 Å². The summed E-state index contributed by atoms with van der Waals surface area (Å²) in [4.78, 5) is 4.32. The summed E-state index contributed by atoms with van der Waals surface area (Å²) in [6, 6.07) is 5.79. The minimum Gasteiger partial charge on any atom is -0.491 e. The maximum absolute atomic E-state index is 6.24. The molecule has 2 aromatic rings. The number of aromatic nitrogens is 1. The van der Waals surface area contributed by atoms with E-state index in [2.05, 4.69) is 4.98 Å². The van der Waals surface area contributed by atoms with E-state index in [1.807, 2.05) is 39.0 Å². The third-order valence-corrected chi connectivity index (χ3v) is 2.82. The number of pyridine rings is 1. The van der Waals surface area contributed by atoms with Crippen LogP contribution in [-0.2, 0) is 0 Å². The summed E-state index contributed by atoms with van der Waals surface area (Å²) >= 11 is 6.24. The Morgan fingerprint density at radius 3 is 2.75 bits per heavy atom. The highest BCUT2D eigenvalue weighted by Gasteiger charge is 2.06. The van der Waals surface area contributed by atoms with Crippen molar-refractivity contribution in [2.75, 3.05) is 0 Å². The first-order valence-electron chi connectivity index (χ1n) is 5.29. The molecule has 3 heteroatoms. The largest absolute Gasteiger partial charge is 0.491 e. The Morgan fingerprint density at radius 1 is 1.31 bits per heavy atom. The van der Waals surface area contributed by atoms with Gasteiger partial charge in [0.15, 0.2) is 0 Å². The van der Waals surface area contributed by atoms with E-state index in [0.717, 1.165) is 27.2 Å². The van der Waals surface area contributed by atoms with Gasteiger partial charge in [-0.1, -0.05) is 11.6 Å². The third-order valence-electron chi connectivity index (χ3n) is 2.32. The Labute approximate surface area is 100 Å². The van der Waals surface area contributed by atoms with Crippen LogP contribution in [0.4, 0.5) is 0 Å². The molecule has 0 saturated carbocycles. The van der Waals surface area contributed by atoms with Crippen LogP contribution in [0.3, 0.4) is 0 Å². The van der Waals surface area contributed by atoms with Gasteiger partial charge >= 0.3 is 0 Å². The molecule has 0 spiro atoms. The first kappa shape index (κ1) is 11.2. The van der Waals surface area contributed by atoms with Crippen molar-refractivity contribution in [3.8, 4) is 5.75 Å². The minimum atomic E-state index is 0.161. The molecule has 0 atom stereocenters. The number of hydrogen-bond donors (Lipinski definition) is 0. The van der Waals surface area contributed by atoms with Crippen LogP contribution in [0, 0.1) is 6.92 Å². The average molecular weight is 236 g/mol. The normalized spacial score (nSPS) is 11.1. The zero-order valence-corrected chi connectivity index (χ0v) is 10.4. The fourth-order valence-corrected chi connectivity index (χ4v) is 1.78. The zero-order chi connectivity index (χ0) is 11.7. The van der Waals surface area contributed by atoms with Crippen LogP contribution in [0.1, 0.15) is 19.4 Å². The van der Waals surface area contributed by atoms with Crippen molar-refractivity contribution in [2.24, 2.45) is 0 Å². The minimum absolute atomic E-state index is 0.161. The van der Waals surface area contributed by atoms with Gasteiger partial charge < -0.3 is 4.74 Å². The van der Waals surface area contributed by atoms with Gasteiger partial charge in [-0.25, -0.2) is 0 Å². The van der Waals surface area contributed by atoms with Crippen molar-refractivity contribution in [3.63, 3.8) is 0 Å². The molecule has 0 bridgehead atoms. The van der Waals surface area contributed by atoms with Gasteiger partial charge in [-0.05, 0) is 44.5 Å². The average Bonchev–Trinajstić information content (AvgIpc) is 2.23. The zero-order valence-electron chi connectivity index (χ0n) is 9.62. The lowest BCUT2D eigenvalue weighted by Crippen LogP contribution is -2.05. The predicted octanol–water partition coefficient (Wildman–Crippen LogP) is 3.98. The summed E-state index contributed by atoms with van der Waals surface area (Å²) in [5.74, 6) is 0.830. The highest BCUT2D eigenvalue weighted by Crippen LogP contribution is 2.28. The maximum atomic E-state index is 6.24. The summed E-state index contributed by atoms with van der Waals surface area (Å²) in [7, 11) is 0. The highest BCUT2D eigenvalue weighted by molar-refractivity contribution is 6.36. The summed E-state index contributed by atoms with van der Waals surface area (Å²) < 4.78 is 5.63. The number of aryl methyl sites for hydroxylation is 1. The summed E-state index contributed by atoms with van der Waals surface area (Å²) in [5, 5.41) is 1.69. The molecule has 2 rings (SSSR count). The van der Waals surface area contributed by atoms with E-state index in [9.17, 15) is 0 Å². The monoisotopic (exact) mass is 235 g/mol. The number of benzene rings is 1. The fourth-order valence-electron chi connectivity index (χ4n) is 1.58. The SMILES string of the molecule is Cc1cnc2ccc(OC(C)C)cc2c1Cl. The van der Waals surface area contributed by atoms with E-state index in [1.165, 1.54) is 0 Å². The molecule has 84 valence electrons. The summed E-state index contributed by atoms with van der Waals surface area (Å²) in [6.45, 7) is 5.95. The second kappa shape index (κ2) is 4.30. The Bertz CT molecular complexity index is 523. The van der Waals surface area contributed by atoms with Crippen molar-refractivity contribution >= 4 is 22.5 Å². The number of halogens is 1. The molecule has 0 aliphatic rings. The summed E-state index contributed by atoms with van der Waals surface area (Å²) in [5.41, 5.74) is 1.88. The van der Waals surface area contributed by atoms with E-state index in [0.29, 0.717) is 0 Å². The van der Waals surface area contributed by atoms with Crippen LogP contribution in [0.25, 0.3) is 10.9 Å². The van der Waals surface area contributed by atoms with Crippen LogP contribution >= 0.6 is 11.6 Å². The second-order valence-corrected chi connectivity index (χ2v) is 4.48.